The number of nitrogens with one attached hydrogen (secondary N) is 1. The third-order valence-electron chi connectivity index (χ3n) is 6.56. The van der Waals surface area contributed by atoms with Gasteiger partial charge in [0.05, 0.1) is 21.2 Å². The molecule has 0 aliphatic carbocycles. The van der Waals surface area contributed by atoms with Gasteiger partial charge >= 0.3 is 6.18 Å². The van der Waals surface area contributed by atoms with E-state index in [-0.39, 0.29) is 22.9 Å². The van der Waals surface area contributed by atoms with E-state index in [0.29, 0.717) is 28.9 Å². The Bertz CT molecular complexity index is 1480. The van der Waals surface area contributed by atoms with Gasteiger partial charge in [0, 0.05) is 13.1 Å². The molecule has 226 valence electrons. The molecular formula is C30H33ClF3N3O4S. The molecule has 0 unspecified atom stereocenters. The molecule has 3 aromatic rings. The number of amides is 2. The van der Waals surface area contributed by atoms with Crippen LogP contribution < -0.4 is 9.62 Å². The first kappa shape index (κ1) is 32.9. The molecule has 1 N–H and O–H groups in total. The third-order valence-corrected chi connectivity index (χ3v) is 8.65. The van der Waals surface area contributed by atoms with Crippen molar-refractivity contribution in [2.45, 2.75) is 57.3 Å². The topological polar surface area (TPSA) is 86.8 Å². The lowest BCUT2D eigenvalue weighted by molar-refractivity contribution is -0.140. The molecule has 0 spiro atoms. The molecular weight excluding hydrogens is 591 g/mol. The Morgan fingerprint density at radius 2 is 1.62 bits per heavy atom. The van der Waals surface area contributed by atoms with E-state index >= 15 is 0 Å². The van der Waals surface area contributed by atoms with Crippen LogP contribution >= 0.6 is 11.6 Å². The van der Waals surface area contributed by atoms with Crippen LogP contribution in [0.1, 0.15) is 43.4 Å². The highest BCUT2D eigenvalue weighted by Gasteiger charge is 2.36. The summed E-state index contributed by atoms with van der Waals surface area (Å²) >= 11 is 6.28. The number of sulfonamides is 1. The van der Waals surface area contributed by atoms with Crippen LogP contribution in [-0.2, 0) is 32.3 Å². The van der Waals surface area contributed by atoms with E-state index in [1.165, 1.54) is 29.2 Å². The van der Waals surface area contributed by atoms with Gasteiger partial charge in [-0.3, -0.25) is 13.9 Å². The Hall–Kier alpha value is -3.57. The van der Waals surface area contributed by atoms with Gasteiger partial charge in [-0.2, -0.15) is 13.2 Å². The zero-order valence-electron chi connectivity index (χ0n) is 23.5. The molecule has 0 aromatic heterocycles. The van der Waals surface area contributed by atoms with Gasteiger partial charge in [0.1, 0.15) is 12.6 Å². The predicted molar refractivity (Wildman–Crippen MR) is 157 cm³/mol. The molecule has 3 aromatic carbocycles. The van der Waals surface area contributed by atoms with E-state index in [4.69, 9.17) is 11.6 Å². The van der Waals surface area contributed by atoms with Crippen molar-refractivity contribution in [1.82, 2.24) is 10.2 Å². The molecule has 0 saturated carbocycles. The van der Waals surface area contributed by atoms with Crippen molar-refractivity contribution in [2.24, 2.45) is 0 Å². The summed E-state index contributed by atoms with van der Waals surface area (Å²) in [7, 11) is -4.58. The quantitative estimate of drug-likeness (QED) is 0.260. The van der Waals surface area contributed by atoms with Gasteiger partial charge in [0.15, 0.2) is 0 Å². The van der Waals surface area contributed by atoms with E-state index in [0.717, 1.165) is 17.7 Å². The summed E-state index contributed by atoms with van der Waals surface area (Å²) in [4.78, 5) is 28.2. The molecule has 0 bridgehead atoms. The number of anilines is 1. The Kier molecular flexibility index (Phi) is 11.0. The molecule has 0 saturated heterocycles. The largest absolute Gasteiger partial charge is 0.416 e. The highest BCUT2D eigenvalue weighted by molar-refractivity contribution is 7.92. The van der Waals surface area contributed by atoms with Gasteiger partial charge in [0.25, 0.3) is 10.0 Å². The molecule has 0 aliphatic heterocycles. The zero-order chi connectivity index (χ0) is 31.1. The van der Waals surface area contributed by atoms with Crippen molar-refractivity contribution in [1.29, 1.82) is 0 Å². The number of nitrogens with zero attached hydrogens (tertiary/aromatic N) is 2. The van der Waals surface area contributed by atoms with E-state index in [1.54, 1.807) is 25.1 Å². The van der Waals surface area contributed by atoms with E-state index in [1.807, 2.05) is 26.0 Å². The van der Waals surface area contributed by atoms with Crippen molar-refractivity contribution >= 4 is 39.1 Å². The van der Waals surface area contributed by atoms with Crippen LogP contribution in [0.15, 0.2) is 77.7 Å². The second kappa shape index (κ2) is 14.1. The summed E-state index contributed by atoms with van der Waals surface area (Å²) in [6.07, 6.45) is -3.93. The SMILES string of the molecule is CCCNC(=O)[C@H](CC)N(Cc1ccc(C)cc1)C(=O)CN(c1cc(C(F)(F)F)ccc1Cl)S(=O)(=O)c1ccccc1. The maximum Gasteiger partial charge on any atom is 0.416 e. The van der Waals surface area contributed by atoms with Gasteiger partial charge in [-0.1, -0.05) is 73.5 Å². The fraction of sp³-hybridized carbons (Fsp3) is 0.333. The van der Waals surface area contributed by atoms with Gasteiger partial charge in [0.2, 0.25) is 11.8 Å². The van der Waals surface area contributed by atoms with E-state index < -0.39 is 51.9 Å². The van der Waals surface area contributed by atoms with Crippen molar-refractivity contribution in [3.8, 4) is 0 Å². The smallest absolute Gasteiger partial charge is 0.354 e. The zero-order valence-corrected chi connectivity index (χ0v) is 25.1. The molecule has 1 atom stereocenters. The monoisotopic (exact) mass is 623 g/mol. The summed E-state index contributed by atoms with van der Waals surface area (Å²) in [5.74, 6) is -1.21. The van der Waals surface area contributed by atoms with Crippen LogP contribution in [0.25, 0.3) is 0 Å². The number of alkyl halides is 3. The van der Waals surface area contributed by atoms with Crippen LogP contribution in [0.4, 0.5) is 18.9 Å². The van der Waals surface area contributed by atoms with Crippen LogP contribution in [0.3, 0.4) is 0 Å². The second-order valence-electron chi connectivity index (χ2n) is 9.71. The first-order valence-electron chi connectivity index (χ1n) is 13.4. The summed E-state index contributed by atoms with van der Waals surface area (Å²) in [6.45, 7) is 4.92. The summed E-state index contributed by atoms with van der Waals surface area (Å²) in [5, 5.41) is 2.48. The summed E-state index contributed by atoms with van der Waals surface area (Å²) in [5.41, 5.74) is 0.0147. The molecule has 2 amide bonds. The van der Waals surface area contributed by atoms with Crippen molar-refractivity contribution in [2.75, 3.05) is 17.4 Å². The highest BCUT2D eigenvalue weighted by Crippen LogP contribution is 2.37. The van der Waals surface area contributed by atoms with Gasteiger partial charge < -0.3 is 10.2 Å². The number of halogens is 4. The lowest BCUT2D eigenvalue weighted by atomic mass is 10.1. The Balaban J connectivity index is 2.14. The minimum Gasteiger partial charge on any atom is -0.354 e. The standard InChI is InChI=1S/C30H33ClF3N3O4S/c1-4-17-35-29(39)26(5-2)36(19-22-13-11-21(3)12-14-22)28(38)20-37(42(40,41)24-9-7-6-8-10-24)27-18-23(30(32,33)34)15-16-25(27)31/h6-16,18,26H,4-5,17,19-20H2,1-3H3,(H,35,39)/t26-/m0/s1. The first-order valence-corrected chi connectivity index (χ1v) is 15.2. The molecule has 42 heavy (non-hydrogen) atoms. The molecule has 0 heterocycles. The molecule has 12 heteroatoms. The molecule has 0 aliphatic rings. The number of aryl methyl sites for hydroxylation is 1. The molecule has 0 radical (unpaired) electrons. The average molecular weight is 624 g/mol. The number of hydrogen-bond acceptors (Lipinski definition) is 4. The number of hydrogen-bond donors (Lipinski definition) is 1. The van der Waals surface area contributed by atoms with Crippen LogP contribution in [0.2, 0.25) is 5.02 Å². The average Bonchev–Trinajstić information content (AvgIpc) is 2.95. The third kappa shape index (κ3) is 8.04. The minimum atomic E-state index is -4.80. The van der Waals surface area contributed by atoms with Gasteiger partial charge in [-0.05, 0) is 55.7 Å². The number of benzene rings is 3. The first-order chi connectivity index (χ1) is 19.8. The Morgan fingerprint density at radius 1 is 0.976 bits per heavy atom. The van der Waals surface area contributed by atoms with Crippen LogP contribution in [0.5, 0.6) is 0 Å². The Morgan fingerprint density at radius 3 is 2.19 bits per heavy atom. The summed E-state index contributed by atoms with van der Waals surface area (Å²) in [6, 6.07) is 15.6. The number of rotatable bonds is 12. The molecule has 7 nitrogen and oxygen atoms in total. The lowest BCUT2D eigenvalue weighted by Crippen LogP contribution is -2.52. The predicted octanol–water partition coefficient (Wildman–Crippen LogP) is 6.20. The highest BCUT2D eigenvalue weighted by atomic mass is 35.5. The second-order valence-corrected chi connectivity index (χ2v) is 12.0. The normalized spacial score (nSPS) is 12.5. The number of carbonyl (C=O) groups excluding carboxylic acids is 2. The van der Waals surface area contributed by atoms with Gasteiger partial charge in [-0.15, -0.1) is 0 Å². The van der Waals surface area contributed by atoms with Crippen LogP contribution in [-0.4, -0.2) is 44.3 Å². The maximum atomic E-state index is 14.0. The fourth-order valence-corrected chi connectivity index (χ4v) is 6.00. The van der Waals surface area contributed by atoms with Crippen molar-refractivity contribution < 1.29 is 31.2 Å². The van der Waals surface area contributed by atoms with Crippen molar-refractivity contribution in [3.05, 3.63) is 94.5 Å². The minimum absolute atomic E-state index is 0.0350. The maximum absolute atomic E-state index is 14.0. The van der Waals surface area contributed by atoms with Crippen LogP contribution in [0, 0.1) is 6.92 Å². The van der Waals surface area contributed by atoms with Crippen molar-refractivity contribution in [3.63, 3.8) is 0 Å². The summed E-state index contributed by atoms with van der Waals surface area (Å²) < 4.78 is 69.2. The Labute approximate surface area is 249 Å². The van der Waals surface area contributed by atoms with Gasteiger partial charge in [-0.25, -0.2) is 8.42 Å². The van der Waals surface area contributed by atoms with E-state index in [2.05, 4.69) is 5.32 Å². The lowest BCUT2D eigenvalue weighted by Gasteiger charge is -2.33. The molecule has 3 rings (SSSR count). The molecule has 0 fully saturated rings. The van der Waals surface area contributed by atoms with E-state index in [9.17, 15) is 31.2 Å². The number of carbonyl (C=O) groups is 2. The fourth-order valence-electron chi connectivity index (χ4n) is 4.29.